The van der Waals surface area contributed by atoms with Crippen LogP contribution in [0.25, 0.3) is 0 Å². The van der Waals surface area contributed by atoms with E-state index in [-0.39, 0.29) is 0 Å². The number of piperazine rings is 1. The summed E-state index contributed by atoms with van der Waals surface area (Å²) in [7, 11) is 0. The summed E-state index contributed by atoms with van der Waals surface area (Å²) in [5, 5.41) is 9.03. The van der Waals surface area contributed by atoms with E-state index in [4.69, 9.17) is 5.11 Å². The van der Waals surface area contributed by atoms with Crippen LogP contribution in [-0.2, 0) is 6.42 Å². The summed E-state index contributed by atoms with van der Waals surface area (Å²) in [6.07, 6.45) is 2.94. The first kappa shape index (κ1) is 17.2. The first-order chi connectivity index (χ1) is 11.7. The highest BCUT2D eigenvalue weighted by molar-refractivity contribution is 5.65. The number of carboxylic acid groups (broad SMARTS) is 1. The van der Waals surface area contributed by atoms with Crippen LogP contribution in [0, 0.1) is 5.92 Å². The molecule has 1 atom stereocenters. The van der Waals surface area contributed by atoms with Gasteiger partial charge in [-0.3, -0.25) is 4.90 Å². The average molecular weight is 331 g/mol. The van der Waals surface area contributed by atoms with Gasteiger partial charge >= 0.3 is 6.09 Å². The number of piperidine rings is 1. The van der Waals surface area contributed by atoms with Crippen molar-refractivity contribution < 1.29 is 9.90 Å². The third kappa shape index (κ3) is 4.95. The van der Waals surface area contributed by atoms with Crippen LogP contribution in [0.4, 0.5) is 4.79 Å². The van der Waals surface area contributed by atoms with Gasteiger partial charge in [0.2, 0.25) is 0 Å². The lowest BCUT2D eigenvalue weighted by Crippen LogP contribution is -2.50. The van der Waals surface area contributed by atoms with Crippen LogP contribution in [0.15, 0.2) is 30.3 Å². The lowest BCUT2D eigenvalue weighted by molar-refractivity contribution is 0.0830. The van der Waals surface area contributed by atoms with Gasteiger partial charge in [0.05, 0.1) is 0 Å². The van der Waals surface area contributed by atoms with E-state index in [1.165, 1.54) is 36.4 Å². The molecule has 0 unspecified atom stereocenters. The third-order valence-corrected chi connectivity index (χ3v) is 5.32. The summed E-state index contributed by atoms with van der Waals surface area (Å²) in [6.45, 7) is 7.74. The molecule has 0 aliphatic carbocycles. The van der Waals surface area contributed by atoms with Gasteiger partial charge in [0.1, 0.15) is 0 Å². The number of hydrogen-bond acceptors (Lipinski definition) is 3. The Hall–Kier alpha value is -1.59. The molecule has 132 valence electrons. The Kier molecular flexibility index (Phi) is 6.10. The minimum atomic E-state index is -0.778. The summed E-state index contributed by atoms with van der Waals surface area (Å²) in [5.41, 5.74) is 1.42. The summed E-state index contributed by atoms with van der Waals surface area (Å²) in [6, 6.07) is 10.7. The first-order valence-corrected chi connectivity index (χ1v) is 9.17. The van der Waals surface area contributed by atoms with Gasteiger partial charge < -0.3 is 14.9 Å². The smallest absolute Gasteiger partial charge is 0.407 e. The molecule has 2 fully saturated rings. The van der Waals surface area contributed by atoms with E-state index >= 15 is 0 Å². The van der Waals surface area contributed by atoms with Crippen molar-refractivity contribution in [1.29, 1.82) is 0 Å². The van der Waals surface area contributed by atoms with Gasteiger partial charge in [-0.2, -0.15) is 0 Å². The van der Waals surface area contributed by atoms with Gasteiger partial charge in [-0.1, -0.05) is 30.3 Å². The number of hydrogen-bond donors (Lipinski definition) is 1. The zero-order chi connectivity index (χ0) is 16.8. The number of amides is 1. The predicted octanol–water partition coefficient (Wildman–Crippen LogP) is 2.24. The van der Waals surface area contributed by atoms with Crippen molar-refractivity contribution in [2.75, 3.05) is 52.4 Å². The molecule has 2 heterocycles. The number of benzene rings is 1. The highest BCUT2D eigenvalue weighted by atomic mass is 16.4. The Labute approximate surface area is 144 Å². The molecular weight excluding hydrogens is 302 g/mol. The fraction of sp³-hybridized carbons (Fsp3) is 0.632. The average Bonchev–Trinajstić information content (AvgIpc) is 2.62. The second kappa shape index (κ2) is 8.49. The van der Waals surface area contributed by atoms with Gasteiger partial charge in [0.25, 0.3) is 0 Å². The van der Waals surface area contributed by atoms with Crippen molar-refractivity contribution in [2.24, 2.45) is 5.92 Å². The number of rotatable bonds is 5. The summed E-state index contributed by atoms with van der Waals surface area (Å²) in [4.78, 5) is 17.6. The molecule has 5 heteroatoms. The van der Waals surface area contributed by atoms with Crippen LogP contribution in [0.1, 0.15) is 18.4 Å². The maximum Gasteiger partial charge on any atom is 0.407 e. The second-order valence-corrected chi connectivity index (χ2v) is 7.11. The van der Waals surface area contributed by atoms with Gasteiger partial charge in [0.15, 0.2) is 0 Å². The van der Waals surface area contributed by atoms with Crippen molar-refractivity contribution in [1.82, 2.24) is 14.7 Å². The fourth-order valence-electron chi connectivity index (χ4n) is 3.92. The molecule has 0 bridgehead atoms. The van der Waals surface area contributed by atoms with Crippen molar-refractivity contribution in [3.05, 3.63) is 35.9 Å². The molecular formula is C19H29N3O2. The van der Waals surface area contributed by atoms with Gasteiger partial charge in [-0.15, -0.1) is 0 Å². The van der Waals surface area contributed by atoms with E-state index in [0.29, 0.717) is 13.1 Å². The van der Waals surface area contributed by atoms with Gasteiger partial charge in [-0.25, -0.2) is 4.79 Å². The minimum Gasteiger partial charge on any atom is -0.465 e. The lowest BCUT2D eigenvalue weighted by atomic mass is 9.96. The highest BCUT2D eigenvalue weighted by Gasteiger charge is 2.25. The van der Waals surface area contributed by atoms with Crippen molar-refractivity contribution in [2.45, 2.75) is 19.3 Å². The molecule has 3 rings (SSSR count). The first-order valence-electron chi connectivity index (χ1n) is 9.17. The zero-order valence-electron chi connectivity index (χ0n) is 14.4. The zero-order valence-corrected chi connectivity index (χ0v) is 14.4. The van der Waals surface area contributed by atoms with Gasteiger partial charge in [0, 0.05) is 45.8 Å². The van der Waals surface area contributed by atoms with Crippen molar-refractivity contribution in [3.63, 3.8) is 0 Å². The largest absolute Gasteiger partial charge is 0.465 e. The Morgan fingerprint density at radius 2 is 1.79 bits per heavy atom. The molecule has 0 saturated carbocycles. The van der Waals surface area contributed by atoms with E-state index in [9.17, 15) is 4.79 Å². The maximum atomic E-state index is 11.0. The van der Waals surface area contributed by atoms with Crippen LogP contribution in [0.3, 0.4) is 0 Å². The third-order valence-electron chi connectivity index (χ3n) is 5.32. The normalized spacial score (nSPS) is 23.3. The minimum absolute atomic E-state index is 0.653. The quantitative estimate of drug-likeness (QED) is 0.899. The molecule has 0 radical (unpaired) electrons. The lowest BCUT2D eigenvalue weighted by Gasteiger charge is -2.38. The molecule has 0 spiro atoms. The molecule has 2 aliphatic rings. The van der Waals surface area contributed by atoms with Crippen LogP contribution in [0.5, 0.6) is 0 Å². The van der Waals surface area contributed by atoms with Crippen LogP contribution in [-0.4, -0.2) is 78.3 Å². The summed E-state index contributed by atoms with van der Waals surface area (Å²) in [5.74, 6) is 0.728. The standard InChI is InChI=1S/C19H29N3O2/c23-19(24)22-13-11-21(12-14-22)16-18-7-4-9-20(15-18)10-8-17-5-2-1-3-6-17/h1-3,5-6,18H,4,7-16H2,(H,23,24)/t18-/m1/s1. The Morgan fingerprint density at radius 1 is 1.04 bits per heavy atom. The predicted molar refractivity (Wildman–Crippen MR) is 95.3 cm³/mol. The molecule has 1 aromatic carbocycles. The highest BCUT2D eigenvalue weighted by Crippen LogP contribution is 2.19. The van der Waals surface area contributed by atoms with Crippen LogP contribution in [0.2, 0.25) is 0 Å². The molecule has 2 aliphatic heterocycles. The second-order valence-electron chi connectivity index (χ2n) is 7.11. The topological polar surface area (TPSA) is 47.0 Å². The number of likely N-dealkylation sites (tertiary alicyclic amines) is 1. The molecule has 5 nitrogen and oxygen atoms in total. The molecule has 1 amide bonds. The Balaban J connectivity index is 1.40. The van der Waals surface area contributed by atoms with E-state index in [2.05, 4.69) is 40.1 Å². The van der Waals surface area contributed by atoms with E-state index in [1.807, 2.05) is 0 Å². The van der Waals surface area contributed by atoms with Crippen LogP contribution >= 0.6 is 0 Å². The monoisotopic (exact) mass is 331 g/mol. The van der Waals surface area contributed by atoms with Gasteiger partial charge in [-0.05, 0) is 37.3 Å². The fourth-order valence-corrected chi connectivity index (χ4v) is 3.92. The number of carbonyl (C=O) groups is 1. The van der Waals surface area contributed by atoms with Crippen molar-refractivity contribution in [3.8, 4) is 0 Å². The van der Waals surface area contributed by atoms with Crippen molar-refractivity contribution >= 4 is 6.09 Å². The van der Waals surface area contributed by atoms with E-state index < -0.39 is 6.09 Å². The summed E-state index contributed by atoms with van der Waals surface area (Å²) >= 11 is 0. The Morgan fingerprint density at radius 3 is 2.50 bits per heavy atom. The Bertz CT molecular complexity index is 515. The van der Waals surface area contributed by atoms with E-state index in [0.717, 1.165) is 38.5 Å². The van der Waals surface area contributed by atoms with E-state index in [1.54, 1.807) is 0 Å². The number of nitrogens with zero attached hydrogens (tertiary/aromatic N) is 3. The molecule has 1 N–H and O–H groups in total. The maximum absolute atomic E-state index is 11.0. The molecule has 24 heavy (non-hydrogen) atoms. The SMILES string of the molecule is O=C(O)N1CCN(C[C@@H]2CCCN(CCc3ccccc3)C2)CC1. The molecule has 0 aromatic heterocycles. The molecule has 2 saturated heterocycles. The molecule has 1 aromatic rings. The summed E-state index contributed by atoms with van der Waals surface area (Å²) < 4.78 is 0. The van der Waals surface area contributed by atoms with Crippen LogP contribution < -0.4 is 0 Å².